The van der Waals surface area contributed by atoms with Gasteiger partial charge in [0.15, 0.2) is 0 Å². The third kappa shape index (κ3) is 5.09. The highest BCUT2D eigenvalue weighted by Crippen LogP contribution is 2.16. The lowest BCUT2D eigenvalue weighted by molar-refractivity contribution is -0.143. The summed E-state index contributed by atoms with van der Waals surface area (Å²) in [4.78, 5) is 24.8. The van der Waals surface area contributed by atoms with Gasteiger partial charge in [0.2, 0.25) is 9.47 Å². The van der Waals surface area contributed by atoms with Gasteiger partial charge in [-0.15, -0.1) is 10.2 Å². The number of halogens is 1. The number of nitrogens with zero attached hydrogens (tertiary/aromatic N) is 3. The summed E-state index contributed by atoms with van der Waals surface area (Å²) in [6, 6.07) is 0. The van der Waals surface area contributed by atoms with Crippen LogP contribution < -0.4 is 0 Å². The minimum absolute atomic E-state index is 0.130. The molecule has 0 fully saturated rings. The molecule has 1 aromatic rings. The van der Waals surface area contributed by atoms with E-state index in [1.165, 1.54) is 12.0 Å². The lowest BCUT2D eigenvalue weighted by Gasteiger charge is -2.19. The van der Waals surface area contributed by atoms with Crippen LogP contribution in [0.15, 0.2) is 0 Å². The van der Waals surface area contributed by atoms with Gasteiger partial charge in [0, 0.05) is 13.7 Å². The first kappa shape index (κ1) is 15.8. The molecule has 0 unspecified atom stereocenters. The van der Waals surface area contributed by atoms with Crippen LogP contribution >= 0.6 is 22.9 Å². The SMILES string of the molecule is CCOC(=O)CN(CCOC)C(=O)c1nnc(Cl)s1. The Morgan fingerprint density at radius 3 is 2.68 bits per heavy atom. The Labute approximate surface area is 119 Å². The molecule has 19 heavy (non-hydrogen) atoms. The van der Waals surface area contributed by atoms with E-state index in [1.807, 2.05) is 0 Å². The van der Waals surface area contributed by atoms with Gasteiger partial charge in [-0.3, -0.25) is 9.59 Å². The maximum atomic E-state index is 12.1. The Morgan fingerprint density at radius 1 is 1.42 bits per heavy atom. The fourth-order valence-electron chi connectivity index (χ4n) is 1.24. The molecule has 0 aliphatic rings. The number of aromatic nitrogens is 2. The van der Waals surface area contributed by atoms with Crippen LogP contribution in [0.4, 0.5) is 0 Å². The quantitative estimate of drug-likeness (QED) is 0.694. The fourth-order valence-corrected chi connectivity index (χ4v) is 2.04. The van der Waals surface area contributed by atoms with Crippen LogP contribution in [0.3, 0.4) is 0 Å². The van der Waals surface area contributed by atoms with Gasteiger partial charge in [-0.1, -0.05) is 11.3 Å². The summed E-state index contributed by atoms with van der Waals surface area (Å²) in [5.41, 5.74) is 0. The highest BCUT2D eigenvalue weighted by atomic mass is 35.5. The van der Waals surface area contributed by atoms with Crippen LogP contribution in [0.5, 0.6) is 0 Å². The molecule has 0 aromatic carbocycles. The van der Waals surface area contributed by atoms with Crippen molar-refractivity contribution in [2.24, 2.45) is 0 Å². The molecule has 0 saturated carbocycles. The zero-order valence-electron chi connectivity index (χ0n) is 10.6. The summed E-state index contributed by atoms with van der Waals surface area (Å²) in [7, 11) is 1.51. The molecular weight excluding hydrogens is 294 g/mol. The third-order valence-electron chi connectivity index (χ3n) is 2.06. The molecule has 0 N–H and O–H groups in total. The van der Waals surface area contributed by atoms with Gasteiger partial charge in [-0.2, -0.15) is 0 Å². The minimum atomic E-state index is -0.484. The average molecular weight is 308 g/mol. The summed E-state index contributed by atoms with van der Waals surface area (Å²) >= 11 is 6.58. The third-order valence-corrected chi connectivity index (χ3v) is 3.07. The van der Waals surface area contributed by atoms with Crippen molar-refractivity contribution >= 4 is 34.8 Å². The van der Waals surface area contributed by atoms with Gasteiger partial charge >= 0.3 is 5.97 Å². The fraction of sp³-hybridized carbons (Fsp3) is 0.600. The Morgan fingerprint density at radius 2 is 2.16 bits per heavy atom. The molecule has 0 spiro atoms. The van der Waals surface area contributed by atoms with E-state index in [0.717, 1.165) is 11.3 Å². The number of methoxy groups -OCH3 is 1. The van der Waals surface area contributed by atoms with Crippen molar-refractivity contribution in [1.29, 1.82) is 0 Å². The van der Waals surface area contributed by atoms with Crippen LogP contribution in [0.25, 0.3) is 0 Å². The molecule has 0 bridgehead atoms. The molecule has 106 valence electrons. The van der Waals surface area contributed by atoms with Crippen LogP contribution in [-0.2, 0) is 14.3 Å². The van der Waals surface area contributed by atoms with Crippen LogP contribution in [-0.4, -0.2) is 60.4 Å². The topological polar surface area (TPSA) is 81.6 Å². The molecule has 0 aliphatic heterocycles. The lowest BCUT2D eigenvalue weighted by Crippen LogP contribution is -2.38. The summed E-state index contributed by atoms with van der Waals surface area (Å²) < 4.78 is 9.88. The lowest BCUT2D eigenvalue weighted by atomic mass is 10.4. The second-order valence-electron chi connectivity index (χ2n) is 3.38. The molecule has 0 aliphatic carbocycles. The minimum Gasteiger partial charge on any atom is -0.465 e. The second kappa shape index (κ2) is 8.03. The number of amides is 1. The normalized spacial score (nSPS) is 10.3. The van der Waals surface area contributed by atoms with Crippen LogP contribution in [0.2, 0.25) is 4.47 Å². The van der Waals surface area contributed by atoms with Crippen LogP contribution in [0, 0.1) is 0 Å². The maximum Gasteiger partial charge on any atom is 0.325 e. The molecular formula is C10H14ClN3O4S. The number of rotatable bonds is 7. The Kier molecular flexibility index (Phi) is 6.68. The monoisotopic (exact) mass is 307 g/mol. The zero-order valence-corrected chi connectivity index (χ0v) is 12.2. The summed E-state index contributed by atoms with van der Waals surface area (Å²) in [5, 5.41) is 7.34. The standard InChI is InChI=1S/C10H14ClN3O4S/c1-3-18-7(15)6-14(4-5-17-2)9(16)8-12-13-10(11)19-8/h3-6H2,1-2H3. The number of ether oxygens (including phenoxy) is 2. The number of hydrogen-bond donors (Lipinski definition) is 0. The van der Waals surface area contributed by atoms with E-state index in [4.69, 9.17) is 21.1 Å². The van der Waals surface area contributed by atoms with Crippen molar-refractivity contribution in [2.45, 2.75) is 6.92 Å². The molecule has 0 atom stereocenters. The molecule has 1 aromatic heterocycles. The van der Waals surface area contributed by atoms with E-state index in [9.17, 15) is 9.59 Å². The highest BCUT2D eigenvalue weighted by molar-refractivity contribution is 7.17. The second-order valence-corrected chi connectivity index (χ2v) is 4.94. The van der Waals surface area contributed by atoms with Crippen molar-refractivity contribution in [3.05, 3.63) is 9.47 Å². The summed E-state index contributed by atoms with van der Waals surface area (Å²) in [5.74, 6) is -0.905. The number of carbonyl (C=O) groups excluding carboxylic acids is 2. The van der Waals surface area contributed by atoms with Crippen molar-refractivity contribution in [3.63, 3.8) is 0 Å². The van der Waals surface area contributed by atoms with E-state index in [-0.39, 0.29) is 29.2 Å². The largest absolute Gasteiger partial charge is 0.465 e. The Hall–Kier alpha value is -1.25. The van der Waals surface area contributed by atoms with Gasteiger partial charge in [-0.05, 0) is 18.5 Å². The molecule has 9 heteroatoms. The molecule has 7 nitrogen and oxygen atoms in total. The van der Waals surface area contributed by atoms with Crippen molar-refractivity contribution in [2.75, 3.05) is 33.4 Å². The van der Waals surface area contributed by atoms with Crippen molar-refractivity contribution in [1.82, 2.24) is 15.1 Å². The first-order valence-corrected chi connectivity index (χ1v) is 6.70. The molecule has 0 radical (unpaired) electrons. The van der Waals surface area contributed by atoms with Gasteiger partial charge in [-0.25, -0.2) is 0 Å². The molecule has 0 saturated heterocycles. The van der Waals surface area contributed by atoms with Crippen molar-refractivity contribution in [3.8, 4) is 0 Å². The Balaban J connectivity index is 2.72. The predicted molar refractivity (Wildman–Crippen MR) is 69.3 cm³/mol. The van der Waals surface area contributed by atoms with E-state index in [0.29, 0.717) is 6.61 Å². The van der Waals surface area contributed by atoms with E-state index >= 15 is 0 Å². The van der Waals surface area contributed by atoms with E-state index in [1.54, 1.807) is 6.92 Å². The van der Waals surface area contributed by atoms with E-state index < -0.39 is 11.9 Å². The molecule has 1 heterocycles. The van der Waals surface area contributed by atoms with Gasteiger partial charge < -0.3 is 14.4 Å². The smallest absolute Gasteiger partial charge is 0.325 e. The zero-order chi connectivity index (χ0) is 14.3. The van der Waals surface area contributed by atoms with Gasteiger partial charge in [0.05, 0.1) is 13.2 Å². The summed E-state index contributed by atoms with van der Waals surface area (Å²) in [6.45, 7) is 2.36. The van der Waals surface area contributed by atoms with E-state index in [2.05, 4.69) is 10.2 Å². The Bertz CT molecular complexity index is 440. The number of esters is 1. The maximum absolute atomic E-state index is 12.1. The van der Waals surface area contributed by atoms with Gasteiger partial charge in [0.1, 0.15) is 6.54 Å². The first-order chi connectivity index (χ1) is 9.08. The first-order valence-electron chi connectivity index (χ1n) is 5.51. The summed E-state index contributed by atoms with van der Waals surface area (Å²) in [6.07, 6.45) is 0. The molecule has 1 amide bonds. The number of carbonyl (C=O) groups is 2. The van der Waals surface area contributed by atoms with Crippen LogP contribution in [0.1, 0.15) is 16.7 Å². The average Bonchev–Trinajstić information content (AvgIpc) is 2.80. The number of hydrogen-bond acceptors (Lipinski definition) is 7. The molecule has 1 rings (SSSR count). The van der Waals surface area contributed by atoms with Crippen molar-refractivity contribution < 1.29 is 19.1 Å². The highest BCUT2D eigenvalue weighted by Gasteiger charge is 2.22. The van der Waals surface area contributed by atoms with Gasteiger partial charge in [0.25, 0.3) is 5.91 Å². The predicted octanol–water partition coefficient (Wildman–Crippen LogP) is 0.843.